The van der Waals surface area contributed by atoms with Gasteiger partial charge in [-0.1, -0.05) is 19.0 Å². The minimum Gasteiger partial charge on any atom is -0.339 e. The number of hydrogen-bond donors (Lipinski definition) is 1. The summed E-state index contributed by atoms with van der Waals surface area (Å²) in [7, 11) is 3.98. The minimum absolute atomic E-state index is 0.638. The third-order valence-corrected chi connectivity index (χ3v) is 3.18. The monoisotopic (exact) mass is 254 g/mol. The van der Waals surface area contributed by atoms with E-state index in [-0.39, 0.29) is 0 Å². The predicted molar refractivity (Wildman–Crippen MR) is 72.0 cm³/mol. The van der Waals surface area contributed by atoms with Crippen molar-refractivity contribution in [2.24, 2.45) is 17.6 Å². The molecule has 104 valence electrons. The van der Waals surface area contributed by atoms with E-state index in [1.165, 1.54) is 0 Å². The molecular weight excluding hydrogens is 228 g/mol. The Balaban J connectivity index is 2.44. The zero-order valence-electron chi connectivity index (χ0n) is 12.0. The largest absolute Gasteiger partial charge is 0.339 e. The summed E-state index contributed by atoms with van der Waals surface area (Å²) in [5, 5.41) is 3.97. The predicted octanol–water partition coefficient (Wildman–Crippen LogP) is 1.68. The van der Waals surface area contributed by atoms with Crippen molar-refractivity contribution >= 4 is 0 Å². The van der Waals surface area contributed by atoms with Gasteiger partial charge in [0, 0.05) is 6.42 Å². The zero-order valence-corrected chi connectivity index (χ0v) is 12.0. The second kappa shape index (κ2) is 7.48. The second-order valence-electron chi connectivity index (χ2n) is 5.46. The molecule has 0 radical (unpaired) electrons. The van der Waals surface area contributed by atoms with Gasteiger partial charge in [0.1, 0.15) is 0 Å². The van der Waals surface area contributed by atoms with Crippen LogP contribution in [-0.4, -0.2) is 35.7 Å². The molecule has 5 nitrogen and oxygen atoms in total. The molecule has 0 aromatic carbocycles. The summed E-state index contributed by atoms with van der Waals surface area (Å²) in [4.78, 5) is 6.42. The van der Waals surface area contributed by atoms with Crippen molar-refractivity contribution < 1.29 is 4.52 Å². The smallest absolute Gasteiger partial charge is 0.226 e. The van der Waals surface area contributed by atoms with Crippen LogP contribution in [0.5, 0.6) is 0 Å². The number of aromatic nitrogens is 2. The maximum Gasteiger partial charge on any atom is 0.226 e. The molecule has 1 unspecified atom stereocenters. The molecule has 5 heteroatoms. The molecule has 0 spiro atoms. The van der Waals surface area contributed by atoms with Crippen LogP contribution >= 0.6 is 0 Å². The van der Waals surface area contributed by atoms with E-state index in [0.717, 1.165) is 44.1 Å². The summed E-state index contributed by atoms with van der Waals surface area (Å²) >= 11 is 0. The quantitative estimate of drug-likeness (QED) is 0.764. The van der Waals surface area contributed by atoms with E-state index in [9.17, 15) is 0 Å². The van der Waals surface area contributed by atoms with Crippen LogP contribution in [0.1, 0.15) is 38.4 Å². The van der Waals surface area contributed by atoms with E-state index in [2.05, 4.69) is 24.0 Å². The van der Waals surface area contributed by atoms with Gasteiger partial charge in [0.2, 0.25) is 5.89 Å². The molecule has 1 aromatic rings. The molecule has 0 fully saturated rings. The van der Waals surface area contributed by atoms with Crippen molar-refractivity contribution in [1.29, 1.82) is 0 Å². The Kier molecular flexibility index (Phi) is 6.29. The molecule has 0 aliphatic carbocycles. The highest BCUT2D eigenvalue weighted by atomic mass is 16.5. The maximum absolute atomic E-state index is 5.64. The number of aryl methyl sites for hydroxylation is 1. The highest BCUT2D eigenvalue weighted by Crippen LogP contribution is 2.20. The molecule has 0 bridgehead atoms. The van der Waals surface area contributed by atoms with Gasteiger partial charge in [-0.15, -0.1) is 0 Å². The molecule has 18 heavy (non-hydrogen) atoms. The van der Waals surface area contributed by atoms with Crippen LogP contribution in [0.25, 0.3) is 0 Å². The van der Waals surface area contributed by atoms with Crippen molar-refractivity contribution in [3.63, 3.8) is 0 Å². The van der Waals surface area contributed by atoms with Gasteiger partial charge in [-0.2, -0.15) is 4.98 Å². The highest BCUT2D eigenvalue weighted by molar-refractivity contribution is 4.86. The molecule has 0 saturated carbocycles. The van der Waals surface area contributed by atoms with Crippen molar-refractivity contribution in [2.75, 3.05) is 20.6 Å². The van der Waals surface area contributed by atoms with Crippen molar-refractivity contribution in [1.82, 2.24) is 15.0 Å². The van der Waals surface area contributed by atoms with Crippen LogP contribution in [0.2, 0.25) is 0 Å². The fourth-order valence-electron chi connectivity index (χ4n) is 2.07. The van der Waals surface area contributed by atoms with Crippen molar-refractivity contribution in [3.05, 3.63) is 11.7 Å². The number of rotatable bonds is 8. The first-order chi connectivity index (χ1) is 8.52. The Labute approximate surface area is 110 Å². The van der Waals surface area contributed by atoms with E-state index >= 15 is 0 Å². The van der Waals surface area contributed by atoms with Crippen LogP contribution in [-0.2, 0) is 13.0 Å². The molecule has 0 aliphatic heterocycles. The number of nitrogens with zero attached hydrogens (tertiary/aromatic N) is 3. The summed E-state index contributed by atoms with van der Waals surface area (Å²) in [5.41, 5.74) is 5.64. The van der Waals surface area contributed by atoms with E-state index in [4.69, 9.17) is 10.3 Å². The van der Waals surface area contributed by atoms with Gasteiger partial charge < -0.3 is 15.2 Å². The van der Waals surface area contributed by atoms with Crippen molar-refractivity contribution in [3.8, 4) is 0 Å². The van der Waals surface area contributed by atoms with Gasteiger partial charge in [0.05, 0.1) is 6.54 Å². The average Bonchev–Trinajstić information content (AvgIpc) is 2.70. The van der Waals surface area contributed by atoms with E-state index in [0.29, 0.717) is 11.8 Å². The summed E-state index contributed by atoms with van der Waals surface area (Å²) in [6.45, 7) is 5.95. The van der Waals surface area contributed by atoms with Crippen LogP contribution in [0.4, 0.5) is 0 Å². The Morgan fingerprint density at radius 3 is 2.56 bits per heavy atom. The summed E-state index contributed by atoms with van der Waals surface area (Å²) in [5.74, 6) is 2.79. The molecule has 1 aromatic heterocycles. The SMILES string of the molecule is CC(C)C(CCN)CCc1nc(CN(C)C)no1. The van der Waals surface area contributed by atoms with Gasteiger partial charge in [0.25, 0.3) is 0 Å². The fourth-order valence-corrected chi connectivity index (χ4v) is 2.07. The third-order valence-electron chi connectivity index (χ3n) is 3.18. The lowest BCUT2D eigenvalue weighted by molar-refractivity contribution is 0.310. The lowest BCUT2D eigenvalue weighted by Gasteiger charge is -2.18. The summed E-state index contributed by atoms with van der Waals surface area (Å²) < 4.78 is 5.25. The molecule has 1 heterocycles. The normalized spacial score (nSPS) is 13.5. The fraction of sp³-hybridized carbons (Fsp3) is 0.846. The topological polar surface area (TPSA) is 68.2 Å². The lowest BCUT2D eigenvalue weighted by atomic mass is 9.88. The molecular formula is C13H26N4O. The minimum atomic E-state index is 0.638. The molecule has 1 atom stereocenters. The standard InChI is InChI=1S/C13H26N4O/c1-10(2)11(7-8-14)5-6-13-15-12(16-18-13)9-17(3)4/h10-11H,5-9,14H2,1-4H3. The van der Waals surface area contributed by atoms with Crippen LogP contribution in [0, 0.1) is 11.8 Å². The summed E-state index contributed by atoms with van der Waals surface area (Å²) in [6.07, 6.45) is 2.98. The van der Waals surface area contributed by atoms with Gasteiger partial charge in [-0.05, 0) is 45.3 Å². The zero-order chi connectivity index (χ0) is 13.5. The first-order valence-corrected chi connectivity index (χ1v) is 6.69. The Morgan fingerprint density at radius 1 is 1.28 bits per heavy atom. The summed E-state index contributed by atoms with van der Waals surface area (Å²) in [6, 6.07) is 0. The van der Waals surface area contributed by atoms with E-state index in [1.807, 2.05) is 19.0 Å². The first-order valence-electron chi connectivity index (χ1n) is 6.69. The molecule has 1 rings (SSSR count). The molecule has 0 aliphatic rings. The van der Waals surface area contributed by atoms with Crippen LogP contribution < -0.4 is 5.73 Å². The van der Waals surface area contributed by atoms with E-state index in [1.54, 1.807) is 0 Å². The van der Waals surface area contributed by atoms with E-state index < -0.39 is 0 Å². The van der Waals surface area contributed by atoms with Gasteiger partial charge in [-0.25, -0.2) is 0 Å². The highest BCUT2D eigenvalue weighted by Gasteiger charge is 2.15. The Bertz CT molecular complexity index is 335. The Hall–Kier alpha value is -0.940. The van der Waals surface area contributed by atoms with Gasteiger partial charge >= 0.3 is 0 Å². The Morgan fingerprint density at radius 2 is 2.00 bits per heavy atom. The number of hydrogen-bond acceptors (Lipinski definition) is 5. The second-order valence-corrected chi connectivity index (χ2v) is 5.46. The molecule has 0 saturated heterocycles. The van der Waals surface area contributed by atoms with Crippen molar-refractivity contribution in [2.45, 2.75) is 39.7 Å². The maximum atomic E-state index is 5.64. The van der Waals surface area contributed by atoms with Gasteiger partial charge in [0.15, 0.2) is 5.82 Å². The average molecular weight is 254 g/mol. The van der Waals surface area contributed by atoms with Gasteiger partial charge in [-0.3, -0.25) is 0 Å². The van der Waals surface area contributed by atoms with Crippen LogP contribution in [0.3, 0.4) is 0 Å². The molecule has 0 amide bonds. The lowest BCUT2D eigenvalue weighted by Crippen LogP contribution is -2.15. The van der Waals surface area contributed by atoms with Crippen LogP contribution in [0.15, 0.2) is 4.52 Å². The third kappa shape index (κ3) is 5.14. The number of nitrogens with two attached hydrogens (primary N) is 1. The molecule has 2 N–H and O–H groups in total. The first kappa shape index (κ1) is 15.1.